The van der Waals surface area contributed by atoms with Gasteiger partial charge in [-0.05, 0) is 37.0 Å². The number of nitrogens with zero attached hydrogens (tertiary/aromatic N) is 6. The van der Waals surface area contributed by atoms with E-state index in [9.17, 15) is 14.4 Å². The first-order valence-electron chi connectivity index (χ1n) is 11.6. The van der Waals surface area contributed by atoms with Crippen LogP contribution < -0.4 is 15.1 Å². The van der Waals surface area contributed by atoms with E-state index >= 15 is 0 Å². The molecule has 182 valence electrons. The Morgan fingerprint density at radius 2 is 1.63 bits per heavy atom. The van der Waals surface area contributed by atoms with Gasteiger partial charge in [-0.1, -0.05) is 18.2 Å². The third-order valence-corrected chi connectivity index (χ3v) is 7.15. The first kappa shape index (κ1) is 23.3. The molecule has 5 rings (SSSR count). The van der Waals surface area contributed by atoms with Gasteiger partial charge < -0.3 is 19.6 Å². The second-order valence-electron chi connectivity index (χ2n) is 8.74. The molecule has 1 aromatic carbocycles. The number of hydrogen-bond donors (Lipinski definition) is 1. The number of amides is 3. The number of imide groups is 1. The first-order valence-corrected chi connectivity index (χ1v) is 12.4. The Hall–Kier alpha value is -3.44. The summed E-state index contributed by atoms with van der Waals surface area (Å²) >= 11 is 0.876. The molecule has 3 amide bonds. The lowest BCUT2D eigenvalue weighted by molar-refractivity contribution is -0.115. The van der Waals surface area contributed by atoms with Crippen molar-refractivity contribution in [2.75, 3.05) is 69.2 Å². The molecule has 1 N–H and O–H groups in total. The van der Waals surface area contributed by atoms with Crippen LogP contribution in [0.4, 0.5) is 16.6 Å². The number of nitrogens with one attached hydrogen (secondary N) is 1. The lowest BCUT2D eigenvalue weighted by atomic mass is 10.2. The SMILES string of the molecule is CN1CCN(c2cc(C=C3SC(=O)NC3=O)nc(N3CCN(C(=O)c4ccccc4)CC3)n2)CC1. The monoisotopic (exact) mass is 493 g/mol. The second-order valence-corrected chi connectivity index (χ2v) is 9.75. The summed E-state index contributed by atoms with van der Waals surface area (Å²) in [4.78, 5) is 54.8. The van der Waals surface area contributed by atoms with Crippen molar-refractivity contribution >= 4 is 46.7 Å². The molecule has 3 saturated heterocycles. The highest BCUT2D eigenvalue weighted by Crippen LogP contribution is 2.27. The molecule has 0 atom stereocenters. The van der Waals surface area contributed by atoms with Gasteiger partial charge in [-0.2, -0.15) is 4.98 Å². The summed E-state index contributed by atoms with van der Waals surface area (Å²) in [5, 5.41) is 1.91. The molecule has 0 spiro atoms. The predicted octanol–water partition coefficient (Wildman–Crippen LogP) is 1.51. The van der Waals surface area contributed by atoms with Gasteiger partial charge in [0.2, 0.25) is 5.95 Å². The number of carbonyl (C=O) groups excluding carboxylic acids is 3. The number of benzene rings is 1. The minimum Gasteiger partial charge on any atom is -0.354 e. The number of rotatable bonds is 4. The summed E-state index contributed by atoms with van der Waals surface area (Å²) < 4.78 is 0. The van der Waals surface area contributed by atoms with Gasteiger partial charge in [0, 0.05) is 64.0 Å². The highest BCUT2D eigenvalue weighted by molar-refractivity contribution is 8.18. The molecule has 0 bridgehead atoms. The average Bonchev–Trinajstić information content (AvgIpc) is 3.20. The number of anilines is 2. The summed E-state index contributed by atoms with van der Waals surface area (Å²) in [7, 11) is 2.10. The summed E-state index contributed by atoms with van der Waals surface area (Å²) in [6, 6.07) is 11.2. The van der Waals surface area contributed by atoms with Gasteiger partial charge in [0.1, 0.15) is 5.82 Å². The van der Waals surface area contributed by atoms with Crippen molar-refractivity contribution in [2.45, 2.75) is 0 Å². The third-order valence-electron chi connectivity index (χ3n) is 6.34. The molecule has 0 saturated carbocycles. The van der Waals surface area contributed by atoms with Crippen LogP contribution in [-0.2, 0) is 4.79 Å². The molecular formula is C24H27N7O3S. The number of hydrogen-bond acceptors (Lipinski definition) is 9. The molecule has 10 nitrogen and oxygen atoms in total. The van der Waals surface area contributed by atoms with Crippen LogP contribution in [0, 0.1) is 0 Å². The maximum Gasteiger partial charge on any atom is 0.290 e. The average molecular weight is 494 g/mol. The Labute approximate surface area is 208 Å². The van der Waals surface area contributed by atoms with Crippen molar-refractivity contribution in [3.8, 4) is 0 Å². The van der Waals surface area contributed by atoms with Crippen molar-refractivity contribution in [2.24, 2.45) is 0 Å². The van der Waals surface area contributed by atoms with Crippen LogP contribution in [0.2, 0.25) is 0 Å². The Kier molecular flexibility index (Phi) is 6.69. The zero-order valence-corrected chi connectivity index (χ0v) is 20.3. The lowest BCUT2D eigenvalue weighted by Crippen LogP contribution is -2.49. The molecule has 0 radical (unpaired) electrons. The molecule has 3 aliphatic heterocycles. The van der Waals surface area contributed by atoms with Gasteiger partial charge in [0.15, 0.2) is 0 Å². The van der Waals surface area contributed by atoms with Crippen molar-refractivity contribution in [1.29, 1.82) is 0 Å². The Morgan fingerprint density at radius 1 is 0.943 bits per heavy atom. The van der Waals surface area contributed by atoms with E-state index in [1.54, 1.807) is 6.08 Å². The van der Waals surface area contributed by atoms with E-state index in [1.807, 2.05) is 41.3 Å². The van der Waals surface area contributed by atoms with Crippen LogP contribution in [0.1, 0.15) is 16.1 Å². The molecule has 11 heteroatoms. The van der Waals surface area contributed by atoms with Gasteiger partial charge in [-0.25, -0.2) is 4.98 Å². The minimum absolute atomic E-state index is 0.0247. The van der Waals surface area contributed by atoms with Crippen LogP contribution >= 0.6 is 11.8 Å². The second kappa shape index (κ2) is 10.0. The van der Waals surface area contributed by atoms with Crippen LogP contribution in [0.3, 0.4) is 0 Å². The Balaban J connectivity index is 1.37. The highest BCUT2D eigenvalue weighted by Gasteiger charge is 2.27. The van der Waals surface area contributed by atoms with Crippen molar-refractivity contribution in [1.82, 2.24) is 25.1 Å². The predicted molar refractivity (Wildman–Crippen MR) is 135 cm³/mol. The van der Waals surface area contributed by atoms with Gasteiger partial charge in [0.25, 0.3) is 17.1 Å². The van der Waals surface area contributed by atoms with E-state index in [-0.39, 0.29) is 11.1 Å². The Morgan fingerprint density at radius 3 is 2.29 bits per heavy atom. The van der Waals surface area contributed by atoms with E-state index in [1.165, 1.54) is 0 Å². The normalized spacial score (nSPS) is 20.5. The summed E-state index contributed by atoms with van der Waals surface area (Å²) in [5.41, 5.74) is 1.27. The van der Waals surface area contributed by atoms with E-state index in [2.05, 4.69) is 27.1 Å². The molecule has 2 aromatic rings. The Bertz CT molecular complexity index is 1160. The number of likely N-dealkylation sites (N-methyl/N-ethyl adjacent to an activating group) is 1. The fourth-order valence-electron chi connectivity index (χ4n) is 4.28. The number of thioether (sulfide) groups is 1. The quantitative estimate of drug-likeness (QED) is 0.635. The maximum atomic E-state index is 12.8. The van der Waals surface area contributed by atoms with E-state index in [0.717, 1.165) is 43.8 Å². The maximum absolute atomic E-state index is 12.8. The van der Waals surface area contributed by atoms with E-state index in [4.69, 9.17) is 9.97 Å². The zero-order valence-electron chi connectivity index (χ0n) is 19.5. The standard InChI is InChI=1S/C24H27N7O3S/c1-28-7-9-29(10-8-28)20-16-18(15-19-21(32)27-24(34)35-19)25-23(26-20)31-13-11-30(12-14-31)22(33)17-5-3-2-4-6-17/h2-6,15-16H,7-14H2,1H3,(H,27,32,34). The fourth-order valence-corrected chi connectivity index (χ4v) is 4.95. The molecule has 1 aromatic heterocycles. The third kappa shape index (κ3) is 5.30. The minimum atomic E-state index is -0.408. The number of aromatic nitrogens is 2. The number of carbonyl (C=O) groups is 3. The fraction of sp³-hybridized carbons (Fsp3) is 0.375. The van der Waals surface area contributed by atoms with Gasteiger partial charge >= 0.3 is 0 Å². The smallest absolute Gasteiger partial charge is 0.290 e. The van der Waals surface area contributed by atoms with E-state index < -0.39 is 5.91 Å². The number of piperazine rings is 2. The van der Waals surface area contributed by atoms with Gasteiger partial charge in [-0.15, -0.1) is 0 Å². The zero-order chi connectivity index (χ0) is 24.4. The summed E-state index contributed by atoms with van der Waals surface area (Å²) in [6.07, 6.45) is 1.64. The topological polar surface area (TPSA) is 102 Å². The summed E-state index contributed by atoms with van der Waals surface area (Å²) in [5.74, 6) is 0.980. The molecule has 0 unspecified atom stereocenters. The van der Waals surface area contributed by atoms with Gasteiger partial charge in [0.05, 0.1) is 10.6 Å². The molecule has 4 heterocycles. The van der Waals surface area contributed by atoms with Crippen LogP contribution in [0.15, 0.2) is 41.3 Å². The molecular weight excluding hydrogens is 466 g/mol. The summed E-state index contributed by atoms with van der Waals surface area (Å²) in [6.45, 7) is 5.90. The van der Waals surface area contributed by atoms with E-state index in [0.29, 0.717) is 48.3 Å². The van der Waals surface area contributed by atoms with Crippen molar-refractivity contribution < 1.29 is 14.4 Å². The molecule has 0 aliphatic carbocycles. The molecule has 35 heavy (non-hydrogen) atoms. The molecule has 3 aliphatic rings. The van der Waals surface area contributed by atoms with Crippen LogP contribution in [-0.4, -0.2) is 96.2 Å². The molecule has 3 fully saturated rings. The largest absolute Gasteiger partial charge is 0.354 e. The van der Waals surface area contributed by atoms with Crippen LogP contribution in [0.5, 0.6) is 0 Å². The lowest BCUT2D eigenvalue weighted by Gasteiger charge is -2.36. The highest BCUT2D eigenvalue weighted by atomic mass is 32.2. The van der Waals surface area contributed by atoms with Crippen molar-refractivity contribution in [3.05, 3.63) is 52.6 Å². The van der Waals surface area contributed by atoms with Gasteiger partial charge in [-0.3, -0.25) is 19.7 Å². The van der Waals surface area contributed by atoms with Crippen LogP contribution in [0.25, 0.3) is 6.08 Å². The van der Waals surface area contributed by atoms with Crippen molar-refractivity contribution in [3.63, 3.8) is 0 Å². The first-order chi connectivity index (χ1) is 17.0.